The molecule has 0 unspecified atom stereocenters. The Balaban J connectivity index is 2.71. The number of benzene rings is 1. The van der Waals surface area contributed by atoms with Crippen molar-refractivity contribution in [3.05, 3.63) is 91.1 Å². The van der Waals surface area contributed by atoms with E-state index in [0.717, 1.165) is 16.7 Å². The van der Waals surface area contributed by atoms with E-state index in [0.29, 0.717) is 17.5 Å². The SMILES string of the molecule is C=C/C=C(\C=C/C)c1nc(C(/C=C\C)=C/C)nc(-c2ccccc2)n1. The molecule has 3 nitrogen and oxygen atoms in total. The van der Waals surface area contributed by atoms with Crippen molar-refractivity contribution in [2.45, 2.75) is 20.8 Å². The van der Waals surface area contributed by atoms with Gasteiger partial charge in [-0.05, 0) is 20.8 Å². The third kappa shape index (κ3) is 4.70. The standard InChI is InChI=1S/C22H23N3/c1-5-12-17(8-4)20-23-21(18(13-6-2)14-7-3)25-22(24-20)19-15-10-9-11-16-19/h5-16H,2H2,1,3-4H3/b12-5-,14-7-,17-8+,18-13+. The van der Waals surface area contributed by atoms with Gasteiger partial charge in [0.15, 0.2) is 17.5 Å². The van der Waals surface area contributed by atoms with Gasteiger partial charge in [-0.2, -0.15) is 0 Å². The number of aromatic nitrogens is 3. The second-order valence-corrected chi connectivity index (χ2v) is 5.27. The van der Waals surface area contributed by atoms with Crippen molar-refractivity contribution in [3.63, 3.8) is 0 Å². The third-order valence-corrected chi connectivity index (χ3v) is 3.48. The molecule has 25 heavy (non-hydrogen) atoms. The Morgan fingerprint density at radius 3 is 2.00 bits per heavy atom. The highest BCUT2D eigenvalue weighted by atomic mass is 15.0. The Morgan fingerprint density at radius 1 is 0.840 bits per heavy atom. The summed E-state index contributed by atoms with van der Waals surface area (Å²) in [7, 11) is 0. The molecule has 0 amide bonds. The van der Waals surface area contributed by atoms with Gasteiger partial charge in [-0.25, -0.2) is 15.0 Å². The second-order valence-electron chi connectivity index (χ2n) is 5.27. The van der Waals surface area contributed by atoms with E-state index in [1.54, 1.807) is 6.08 Å². The third-order valence-electron chi connectivity index (χ3n) is 3.48. The van der Waals surface area contributed by atoms with Gasteiger partial charge in [-0.3, -0.25) is 0 Å². The zero-order valence-electron chi connectivity index (χ0n) is 15.0. The Hall–Kier alpha value is -3.07. The molecule has 1 aromatic carbocycles. The van der Waals surface area contributed by atoms with Crippen molar-refractivity contribution in [1.29, 1.82) is 0 Å². The van der Waals surface area contributed by atoms with Crippen LogP contribution in [0, 0.1) is 0 Å². The van der Waals surface area contributed by atoms with Crippen LogP contribution >= 0.6 is 0 Å². The minimum atomic E-state index is 0.630. The largest absolute Gasteiger partial charge is 0.208 e. The number of allylic oxidation sites excluding steroid dienone is 9. The maximum absolute atomic E-state index is 4.68. The van der Waals surface area contributed by atoms with E-state index >= 15 is 0 Å². The normalized spacial score (nSPS) is 12.9. The zero-order valence-corrected chi connectivity index (χ0v) is 15.0. The summed E-state index contributed by atoms with van der Waals surface area (Å²) >= 11 is 0. The van der Waals surface area contributed by atoms with Crippen LogP contribution in [0.2, 0.25) is 0 Å². The molecule has 0 aliphatic heterocycles. The molecule has 0 saturated heterocycles. The molecule has 0 radical (unpaired) electrons. The van der Waals surface area contributed by atoms with Gasteiger partial charge in [0.1, 0.15) is 0 Å². The Kier molecular flexibility index (Phi) is 6.78. The predicted octanol–water partition coefficient (Wildman–Crippen LogP) is 5.66. The van der Waals surface area contributed by atoms with E-state index in [2.05, 4.69) is 21.5 Å². The molecule has 2 rings (SSSR count). The molecule has 1 aromatic heterocycles. The lowest BCUT2D eigenvalue weighted by Gasteiger charge is -2.09. The number of hydrogen-bond donors (Lipinski definition) is 0. The van der Waals surface area contributed by atoms with Crippen molar-refractivity contribution in [2.24, 2.45) is 0 Å². The van der Waals surface area contributed by atoms with Gasteiger partial charge in [-0.1, -0.05) is 79.4 Å². The van der Waals surface area contributed by atoms with E-state index in [1.807, 2.05) is 87.6 Å². The average Bonchev–Trinajstić information content (AvgIpc) is 2.66. The van der Waals surface area contributed by atoms with Gasteiger partial charge in [0.25, 0.3) is 0 Å². The first-order valence-corrected chi connectivity index (χ1v) is 8.30. The predicted molar refractivity (Wildman–Crippen MR) is 107 cm³/mol. The highest BCUT2D eigenvalue weighted by Crippen LogP contribution is 2.21. The molecule has 1 heterocycles. The number of hydrogen-bond acceptors (Lipinski definition) is 3. The van der Waals surface area contributed by atoms with Gasteiger partial charge >= 0.3 is 0 Å². The minimum absolute atomic E-state index is 0.630. The summed E-state index contributed by atoms with van der Waals surface area (Å²) in [5.74, 6) is 1.94. The topological polar surface area (TPSA) is 38.7 Å². The van der Waals surface area contributed by atoms with Crippen LogP contribution in [0.3, 0.4) is 0 Å². The van der Waals surface area contributed by atoms with Crippen LogP contribution in [0.5, 0.6) is 0 Å². The van der Waals surface area contributed by atoms with E-state index in [9.17, 15) is 0 Å². The Morgan fingerprint density at radius 2 is 1.44 bits per heavy atom. The van der Waals surface area contributed by atoms with Gasteiger partial charge in [0.05, 0.1) is 0 Å². The summed E-state index contributed by atoms with van der Waals surface area (Å²) in [5, 5.41) is 0. The lowest BCUT2D eigenvalue weighted by atomic mass is 10.1. The lowest BCUT2D eigenvalue weighted by molar-refractivity contribution is 1.00. The van der Waals surface area contributed by atoms with Crippen LogP contribution < -0.4 is 0 Å². The maximum Gasteiger partial charge on any atom is 0.164 e. The highest BCUT2D eigenvalue weighted by Gasteiger charge is 2.12. The summed E-state index contributed by atoms with van der Waals surface area (Å²) in [4.78, 5) is 14.0. The van der Waals surface area contributed by atoms with Crippen LogP contribution in [0.1, 0.15) is 32.4 Å². The van der Waals surface area contributed by atoms with Crippen LogP contribution in [0.4, 0.5) is 0 Å². The van der Waals surface area contributed by atoms with E-state index in [4.69, 9.17) is 0 Å². The number of nitrogens with zero attached hydrogens (tertiary/aromatic N) is 3. The quantitative estimate of drug-likeness (QED) is 0.641. The molecule has 0 spiro atoms. The summed E-state index contributed by atoms with van der Waals surface area (Å²) in [5.41, 5.74) is 2.82. The van der Waals surface area contributed by atoms with Crippen molar-refractivity contribution >= 4 is 11.1 Å². The fourth-order valence-corrected chi connectivity index (χ4v) is 2.34. The van der Waals surface area contributed by atoms with Crippen LogP contribution in [0.25, 0.3) is 22.5 Å². The first kappa shape index (κ1) is 18.3. The van der Waals surface area contributed by atoms with Crippen LogP contribution in [-0.2, 0) is 0 Å². The first-order valence-electron chi connectivity index (χ1n) is 8.30. The fraction of sp³-hybridized carbons (Fsp3) is 0.136. The molecule has 126 valence electrons. The zero-order chi connectivity index (χ0) is 18.1. The van der Waals surface area contributed by atoms with Crippen molar-refractivity contribution in [1.82, 2.24) is 15.0 Å². The smallest absolute Gasteiger partial charge is 0.164 e. The Labute approximate surface area is 149 Å². The molecular formula is C22H23N3. The van der Waals surface area contributed by atoms with Gasteiger partial charge in [-0.15, -0.1) is 0 Å². The molecule has 0 saturated carbocycles. The van der Waals surface area contributed by atoms with Crippen LogP contribution in [-0.4, -0.2) is 15.0 Å². The molecule has 0 N–H and O–H groups in total. The van der Waals surface area contributed by atoms with Gasteiger partial charge < -0.3 is 0 Å². The molecule has 0 fully saturated rings. The monoisotopic (exact) mass is 329 g/mol. The molecule has 0 bridgehead atoms. The number of rotatable bonds is 6. The maximum atomic E-state index is 4.68. The van der Waals surface area contributed by atoms with Gasteiger partial charge in [0.2, 0.25) is 0 Å². The second kappa shape index (κ2) is 9.28. The van der Waals surface area contributed by atoms with Crippen molar-refractivity contribution in [3.8, 4) is 11.4 Å². The molecule has 3 heteroatoms. The van der Waals surface area contributed by atoms with Gasteiger partial charge in [0, 0.05) is 16.7 Å². The van der Waals surface area contributed by atoms with Crippen LogP contribution in [0.15, 0.2) is 79.4 Å². The summed E-state index contributed by atoms with van der Waals surface area (Å²) in [6.07, 6.45) is 13.6. The summed E-state index contributed by atoms with van der Waals surface area (Å²) in [6, 6.07) is 9.94. The lowest BCUT2D eigenvalue weighted by Crippen LogP contribution is -2.04. The molecular weight excluding hydrogens is 306 g/mol. The average molecular weight is 329 g/mol. The highest BCUT2D eigenvalue weighted by molar-refractivity contribution is 5.75. The van der Waals surface area contributed by atoms with E-state index in [-0.39, 0.29) is 0 Å². The molecule has 0 aliphatic rings. The van der Waals surface area contributed by atoms with E-state index < -0.39 is 0 Å². The fourth-order valence-electron chi connectivity index (χ4n) is 2.34. The summed E-state index contributed by atoms with van der Waals surface area (Å²) in [6.45, 7) is 9.71. The molecule has 0 aliphatic carbocycles. The van der Waals surface area contributed by atoms with Crippen molar-refractivity contribution < 1.29 is 0 Å². The summed E-state index contributed by atoms with van der Waals surface area (Å²) < 4.78 is 0. The Bertz CT molecular complexity index is 841. The van der Waals surface area contributed by atoms with Crippen molar-refractivity contribution in [2.75, 3.05) is 0 Å². The minimum Gasteiger partial charge on any atom is -0.208 e. The van der Waals surface area contributed by atoms with E-state index in [1.165, 1.54) is 0 Å². The molecule has 2 aromatic rings. The molecule has 0 atom stereocenters. The first-order chi connectivity index (χ1) is 12.2.